The van der Waals surface area contributed by atoms with Gasteiger partial charge in [0.25, 0.3) is 5.95 Å². The van der Waals surface area contributed by atoms with Gasteiger partial charge in [0, 0.05) is 34.4 Å². The van der Waals surface area contributed by atoms with Crippen LogP contribution in [0.15, 0.2) is 53.9 Å². The van der Waals surface area contributed by atoms with E-state index < -0.39 is 18.0 Å². The van der Waals surface area contributed by atoms with Gasteiger partial charge in [-0.3, -0.25) is 0 Å². The van der Waals surface area contributed by atoms with Crippen LogP contribution < -0.4 is 10.6 Å². The van der Waals surface area contributed by atoms with Crippen LogP contribution in [0.2, 0.25) is 0 Å². The lowest BCUT2D eigenvalue weighted by atomic mass is 9.94. The lowest BCUT2D eigenvalue weighted by molar-refractivity contribution is -0.139. The zero-order valence-electron chi connectivity index (χ0n) is 18.3. The van der Waals surface area contributed by atoms with Gasteiger partial charge < -0.3 is 15.4 Å². The van der Waals surface area contributed by atoms with Crippen LogP contribution in [-0.2, 0) is 9.53 Å². The zero-order chi connectivity index (χ0) is 22.8. The molecule has 3 aromatic rings. The third-order valence-corrected chi connectivity index (χ3v) is 5.04. The largest absolute Gasteiger partial charge is 0.463 e. The molecule has 0 spiro atoms. The number of hydrogen-bond acceptors (Lipinski definition) is 6. The summed E-state index contributed by atoms with van der Waals surface area (Å²) in [5, 5.41) is 10.2. The van der Waals surface area contributed by atoms with E-state index in [0.29, 0.717) is 28.5 Å². The molecule has 0 bridgehead atoms. The fraction of sp³-hybridized carbons (Fsp3) is 0.261. The van der Waals surface area contributed by atoms with Crippen molar-refractivity contribution < 1.29 is 14.3 Å². The monoisotopic (exact) mass is 432 g/mol. The van der Waals surface area contributed by atoms with Gasteiger partial charge in [-0.1, -0.05) is 30.3 Å². The van der Waals surface area contributed by atoms with Crippen LogP contribution in [0.5, 0.6) is 0 Å². The number of hydrogen-bond donors (Lipinski definition) is 2. The molecule has 3 heterocycles. The Labute approximate surface area is 185 Å². The molecule has 0 saturated carbocycles. The number of aromatic nitrogens is 4. The number of rotatable bonds is 5. The maximum Gasteiger partial charge on any atom is 0.338 e. The Morgan fingerprint density at radius 1 is 1.12 bits per heavy atom. The van der Waals surface area contributed by atoms with Crippen LogP contribution in [0, 0.1) is 13.8 Å². The quantitative estimate of drug-likeness (QED) is 0.599. The second-order valence-electron chi connectivity index (χ2n) is 7.48. The number of carbonyl (C=O) groups excluding carboxylic acids is 2. The topological polar surface area (TPSA) is 111 Å². The average molecular weight is 432 g/mol. The van der Waals surface area contributed by atoms with E-state index in [4.69, 9.17) is 9.84 Å². The van der Waals surface area contributed by atoms with Crippen LogP contribution in [0.4, 0.5) is 4.79 Å². The number of aryl methyl sites for hydroxylation is 2. The van der Waals surface area contributed by atoms with E-state index in [9.17, 15) is 9.59 Å². The summed E-state index contributed by atoms with van der Waals surface area (Å²) in [5.74, 6) is -0.0958. The Balaban J connectivity index is 1.92. The minimum atomic E-state index is -0.752. The zero-order valence-corrected chi connectivity index (χ0v) is 18.3. The minimum absolute atomic E-state index is 0.220. The summed E-state index contributed by atoms with van der Waals surface area (Å²) in [5.41, 5.74) is 4.45. The summed E-state index contributed by atoms with van der Waals surface area (Å²) in [4.78, 5) is 34.1. The molecule has 1 unspecified atom stereocenters. The van der Waals surface area contributed by atoms with Crippen molar-refractivity contribution in [1.82, 2.24) is 30.4 Å². The summed E-state index contributed by atoms with van der Waals surface area (Å²) < 4.78 is 6.84. The smallest absolute Gasteiger partial charge is 0.338 e. The SMILES string of the molecule is CCOC(=O)C1=C(C)NC(=O)NC1c1cn(-c2nc(C)cc(C)n2)nc1-c1ccccc1. The van der Waals surface area contributed by atoms with Crippen molar-refractivity contribution >= 4 is 12.0 Å². The molecular weight excluding hydrogens is 408 g/mol. The normalized spacial score (nSPS) is 15.9. The Morgan fingerprint density at radius 3 is 2.47 bits per heavy atom. The van der Waals surface area contributed by atoms with E-state index in [1.54, 1.807) is 24.7 Å². The predicted octanol–water partition coefficient (Wildman–Crippen LogP) is 3.14. The third-order valence-electron chi connectivity index (χ3n) is 5.04. The molecular formula is C23H24N6O3. The number of esters is 1. The molecule has 0 saturated heterocycles. The fourth-order valence-electron chi connectivity index (χ4n) is 3.74. The number of nitrogens with one attached hydrogen (secondary N) is 2. The molecule has 9 nitrogen and oxygen atoms in total. The molecule has 1 aliphatic heterocycles. The summed E-state index contributed by atoms with van der Waals surface area (Å²) >= 11 is 0. The number of nitrogens with zero attached hydrogens (tertiary/aromatic N) is 4. The second-order valence-corrected chi connectivity index (χ2v) is 7.48. The number of carbonyl (C=O) groups is 2. The highest BCUT2D eigenvalue weighted by Gasteiger charge is 2.35. The number of urea groups is 1. The average Bonchev–Trinajstić information content (AvgIpc) is 3.19. The molecule has 9 heteroatoms. The lowest BCUT2D eigenvalue weighted by Crippen LogP contribution is -2.45. The Morgan fingerprint density at radius 2 is 1.81 bits per heavy atom. The molecule has 2 amide bonds. The molecule has 2 N–H and O–H groups in total. The molecule has 1 atom stereocenters. The maximum atomic E-state index is 12.8. The maximum absolute atomic E-state index is 12.8. The van der Waals surface area contributed by atoms with E-state index in [2.05, 4.69) is 20.6 Å². The molecule has 4 rings (SSSR count). The van der Waals surface area contributed by atoms with E-state index in [-0.39, 0.29) is 6.61 Å². The molecule has 0 aliphatic carbocycles. The van der Waals surface area contributed by atoms with Crippen LogP contribution in [0.1, 0.15) is 36.8 Å². The van der Waals surface area contributed by atoms with Crippen molar-refractivity contribution in [2.45, 2.75) is 33.7 Å². The van der Waals surface area contributed by atoms with E-state index in [1.807, 2.05) is 50.2 Å². The van der Waals surface area contributed by atoms with Gasteiger partial charge in [-0.25, -0.2) is 24.2 Å². The third kappa shape index (κ3) is 4.09. The number of ether oxygens (including phenoxy) is 1. The van der Waals surface area contributed by atoms with Gasteiger partial charge in [0.2, 0.25) is 0 Å². The number of allylic oxidation sites excluding steroid dienone is 1. The standard InChI is InChI=1S/C23H24N6O3/c1-5-32-21(30)18-15(4)26-23(31)27-20(18)17-12-29(22-24-13(2)11-14(3)25-22)28-19(17)16-9-7-6-8-10-16/h6-12,20H,5H2,1-4H3,(H2,26,27,31). The van der Waals surface area contributed by atoms with Crippen molar-refractivity contribution in [2.75, 3.05) is 6.61 Å². The Kier molecular flexibility index (Phi) is 5.72. The second kappa shape index (κ2) is 8.62. The first kappa shape index (κ1) is 21.2. The minimum Gasteiger partial charge on any atom is -0.463 e. The first-order valence-corrected chi connectivity index (χ1v) is 10.3. The van der Waals surface area contributed by atoms with Crippen molar-refractivity contribution in [3.05, 3.63) is 70.8 Å². The lowest BCUT2D eigenvalue weighted by Gasteiger charge is -2.27. The van der Waals surface area contributed by atoms with Gasteiger partial charge in [-0.2, -0.15) is 5.10 Å². The van der Waals surface area contributed by atoms with E-state index >= 15 is 0 Å². The summed E-state index contributed by atoms with van der Waals surface area (Å²) in [6.45, 7) is 7.41. The molecule has 1 aromatic carbocycles. The van der Waals surface area contributed by atoms with Gasteiger partial charge in [0.05, 0.1) is 23.9 Å². The highest BCUT2D eigenvalue weighted by atomic mass is 16.5. The summed E-state index contributed by atoms with van der Waals surface area (Å²) in [6.07, 6.45) is 1.75. The molecule has 164 valence electrons. The first-order valence-electron chi connectivity index (χ1n) is 10.3. The molecule has 1 aliphatic rings. The van der Waals surface area contributed by atoms with E-state index in [1.165, 1.54) is 0 Å². The summed E-state index contributed by atoms with van der Waals surface area (Å²) in [6, 6.07) is 10.3. The fourth-order valence-corrected chi connectivity index (χ4v) is 3.74. The molecule has 0 fully saturated rings. The predicted molar refractivity (Wildman–Crippen MR) is 118 cm³/mol. The van der Waals surface area contributed by atoms with Crippen LogP contribution >= 0.6 is 0 Å². The highest BCUT2D eigenvalue weighted by Crippen LogP contribution is 2.34. The Hall–Kier alpha value is -4.01. The van der Waals surface area contributed by atoms with Gasteiger partial charge in [0.1, 0.15) is 0 Å². The van der Waals surface area contributed by atoms with Crippen molar-refractivity contribution in [3.63, 3.8) is 0 Å². The molecule has 2 aromatic heterocycles. The highest BCUT2D eigenvalue weighted by molar-refractivity contribution is 5.95. The number of benzene rings is 1. The van der Waals surface area contributed by atoms with Gasteiger partial charge >= 0.3 is 12.0 Å². The van der Waals surface area contributed by atoms with Gasteiger partial charge in [0.15, 0.2) is 0 Å². The molecule has 0 radical (unpaired) electrons. The van der Waals surface area contributed by atoms with Crippen molar-refractivity contribution in [2.24, 2.45) is 0 Å². The first-order chi connectivity index (χ1) is 15.4. The van der Waals surface area contributed by atoms with Crippen molar-refractivity contribution in [1.29, 1.82) is 0 Å². The van der Waals surface area contributed by atoms with Crippen LogP contribution in [-0.4, -0.2) is 38.4 Å². The van der Waals surface area contributed by atoms with Crippen molar-refractivity contribution in [3.8, 4) is 17.2 Å². The Bertz CT molecular complexity index is 1200. The summed E-state index contributed by atoms with van der Waals surface area (Å²) in [7, 11) is 0. The van der Waals surface area contributed by atoms with Gasteiger partial charge in [-0.15, -0.1) is 0 Å². The van der Waals surface area contributed by atoms with E-state index in [0.717, 1.165) is 17.0 Å². The van der Waals surface area contributed by atoms with Crippen LogP contribution in [0.3, 0.4) is 0 Å². The van der Waals surface area contributed by atoms with Gasteiger partial charge in [-0.05, 0) is 33.8 Å². The molecule has 32 heavy (non-hydrogen) atoms. The number of amides is 2. The van der Waals surface area contributed by atoms with Crippen LogP contribution in [0.25, 0.3) is 17.2 Å².